The van der Waals surface area contributed by atoms with Crippen LogP contribution in [0.2, 0.25) is 0 Å². The molecule has 3 rings (SSSR count). The average Bonchev–Trinajstić information content (AvgIpc) is 2.90. The number of anilines is 2. The van der Waals surface area contributed by atoms with Crippen LogP contribution in [0.4, 0.5) is 24.7 Å². The summed E-state index contributed by atoms with van der Waals surface area (Å²) in [6, 6.07) is 5.19. The van der Waals surface area contributed by atoms with Gasteiger partial charge in [0, 0.05) is 30.9 Å². The molecule has 0 aliphatic carbocycles. The van der Waals surface area contributed by atoms with Gasteiger partial charge in [0.15, 0.2) is 0 Å². The van der Waals surface area contributed by atoms with E-state index in [0.717, 1.165) is 12.5 Å². The standard InChI is InChI=1S/C19H21F3N4/c1-12-5-8-23-16(18(2,3)20)15(12)25-17-13-7-10-26(11-19(4,21)22)14(13)6-9-24-17/h5-10H,11H2,1-4H3,(H,24,25). The fourth-order valence-corrected chi connectivity index (χ4v) is 2.94. The Kier molecular flexibility index (Phi) is 4.42. The maximum atomic E-state index is 14.6. The molecule has 0 aromatic carbocycles. The molecule has 0 spiro atoms. The predicted molar refractivity (Wildman–Crippen MR) is 96.7 cm³/mol. The minimum absolute atomic E-state index is 0.274. The van der Waals surface area contributed by atoms with E-state index >= 15 is 0 Å². The minimum atomic E-state index is -2.83. The van der Waals surface area contributed by atoms with Crippen LogP contribution in [0.5, 0.6) is 0 Å². The Morgan fingerprint density at radius 3 is 2.38 bits per heavy atom. The quantitative estimate of drug-likeness (QED) is 0.666. The summed E-state index contributed by atoms with van der Waals surface area (Å²) in [6.45, 7) is 5.19. The molecule has 0 bridgehead atoms. The monoisotopic (exact) mass is 362 g/mol. The molecule has 3 aromatic rings. The van der Waals surface area contributed by atoms with E-state index in [2.05, 4.69) is 15.3 Å². The van der Waals surface area contributed by atoms with E-state index in [4.69, 9.17) is 0 Å². The Morgan fingerprint density at radius 2 is 1.73 bits per heavy atom. The van der Waals surface area contributed by atoms with E-state index in [0.29, 0.717) is 22.4 Å². The summed E-state index contributed by atoms with van der Waals surface area (Å²) in [5.41, 5.74) is 0.619. The van der Waals surface area contributed by atoms with Crippen molar-refractivity contribution in [3.63, 3.8) is 0 Å². The zero-order chi connectivity index (χ0) is 19.1. The fraction of sp³-hybridized carbons (Fsp3) is 0.368. The second kappa shape index (κ2) is 6.30. The number of halogens is 3. The maximum Gasteiger partial charge on any atom is 0.262 e. The summed E-state index contributed by atoms with van der Waals surface area (Å²) in [7, 11) is 0. The number of rotatable bonds is 5. The Balaban J connectivity index is 2.06. The first-order chi connectivity index (χ1) is 12.1. The Bertz CT molecular complexity index is 936. The van der Waals surface area contributed by atoms with Gasteiger partial charge in [-0.25, -0.2) is 18.2 Å². The molecule has 0 unspecified atom stereocenters. The van der Waals surface area contributed by atoms with Crippen molar-refractivity contribution in [2.45, 2.75) is 45.8 Å². The van der Waals surface area contributed by atoms with Gasteiger partial charge in [-0.05, 0) is 44.5 Å². The lowest BCUT2D eigenvalue weighted by Crippen LogP contribution is -2.18. The van der Waals surface area contributed by atoms with Crippen molar-refractivity contribution in [1.29, 1.82) is 0 Å². The molecule has 1 N–H and O–H groups in total. The summed E-state index contributed by atoms with van der Waals surface area (Å²) in [5.74, 6) is -2.35. The third kappa shape index (κ3) is 3.66. The largest absolute Gasteiger partial charge is 0.341 e. The Morgan fingerprint density at radius 1 is 1.04 bits per heavy atom. The van der Waals surface area contributed by atoms with E-state index < -0.39 is 18.1 Å². The second-order valence-corrected chi connectivity index (χ2v) is 7.06. The van der Waals surface area contributed by atoms with E-state index in [1.807, 2.05) is 6.92 Å². The van der Waals surface area contributed by atoms with Crippen LogP contribution in [0.15, 0.2) is 36.8 Å². The number of nitrogens with zero attached hydrogens (tertiary/aromatic N) is 3. The first-order valence-electron chi connectivity index (χ1n) is 8.30. The molecule has 4 nitrogen and oxygen atoms in total. The highest BCUT2D eigenvalue weighted by molar-refractivity contribution is 5.92. The van der Waals surface area contributed by atoms with Crippen LogP contribution < -0.4 is 5.32 Å². The molecule has 0 amide bonds. The molecule has 0 radical (unpaired) electrons. The minimum Gasteiger partial charge on any atom is -0.341 e. The zero-order valence-electron chi connectivity index (χ0n) is 15.1. The van der Waals surface area contributed by atoms with Crippen molar-refractivity contribution in [3.05, 3.63) is 48.0 Å². The van der Waals surface area contributed by atoms with Crippen LogP contribution in [0.1, 0.15) is 32.0 Å². The molecular formula is C19H21F3N4. The highest BCUT2D eigenvalue weighted by atomic mass is 19.3. The molecule has 0 aliphatic rings. The van der Waals surface area contributed by atoms with E-state index in [1.54, 1.807) is 36.8 Å². The number of pyridine rings is 2. The van der Waals surface area contributed by atoms with Gasteiger partial charge < -0.3 is 9.88 Å². The summed E-state index contributed by atoms with van der Waals surface area (Å²) in [6.07, 6.45) is 4.71. The summed E-state index contributed by atoms with van der Waals surface area (Å²) >= 11 is 0. The molecule has 0 aliphatic heterocycles. The fourth-order valence-electron chi connectivity index (χ4n) is 2.94. The smallest absolute Gasteiger partial charge is 0.262 e. The lowest BCUT2D eigenvalue weighted by atomic mass is 10.0. The Hall–Kier alpha value is -2.57. The number of hydrogen-bond acceptors (Lipinski definition) is 3. The number of fused-ring (bicyclic) bond motifs is 1. The van der Waals surface area contributed by atoms with Crippen molar-refractivity contribution in [1.82, 2.24) is 14.5 Å². The highest BCUT2D eigenvalue weighted by Gasteiger charge is 2.26. The van der Waals surface area contributed by atoms with Crippen molar-refractivity contribution < 1.29 is 13.2 Å². The van der Waals surface area contributed by atoms with Gasteiger partial charge in [-0.1, -0.05) is 0 Å². The average molecular weight is 362 g/mol. The van der Waals surface area contributed by atoms with Crippen LogP contribution >= 0.6 is 0 Å². The molecule has 0 atom stereocenters. The third-order valence-electron chi connectivity index (χ3n) is 4.11. The topological polar surface area (TPSA) is 42.7 Å². The van der Waals surface area contributed by atoms with Crippen LogP contribution in [0.3, 0.4) is 0 Å². The van der Waals surface area contributed by atoms with Crippen molar-refractivity contribution in [2.24, 2.45) is 0 Å². The van der Waals surface area contributed by atoms with Gasteiger partial charge in [0.05, 0.1) is 17.7 Å². The van der Waals surface area contributed by atoms with Crippen LogP contribution in [0.25, 0.3) is 10.9 Å². The maximum absolute atomic E-state index is 14.6. The molecular weight excluding hydrogens is 341 g/mol. The van der Waals surface area contributed by atoms with Gasteiger partial charge in [-0.15, -0.1) is 0 Å². The van der Waals surface area contributed by atoms with Crippen molar-refractivity contribution >= 4 is 22.4 Å². The van der Waals surface area contributed by atoms with Gasteiger partial charge >= 0.3 is 0 Å². The van der Waals surface area contributed by atoms with Gasteiger partial charge in [0.25, 0.3) is 5.92 Å². The van der Waals surface area contributed by atoms with Gasteiger partial charge in [0.1, 0.15) is 17.2 Å². The number of alkyl halides is 3. The lowest BCUT2D eigenvalue weighted by Gasteiger charge is -2.20. The van der Waals surface area contributed by atoms with Gasteiger partial charge in [-0.2, -0.15) is 0 Å². The van der Waals surface area contributed by atoms with Crippen LogP contribution in [0, 0.1) is 6.92 Å². The zero-order valence-corrected chi connectivity index (χ0v) is 15.1. The van der Waals surface area contributed by atoms with Crippen LogP contribution in [-0.2, 0) is 12.2 Å². The summed E-state index contributed by atoms with van der Waals surface area (Å²) in [4.78, 5) is 8.49. The van der Waals surface area contributed by atoms with Crippen molar-refractivity contribution in [3.8, 4) is 0 Å². The second-order valence-electron chi connectivity index (χ2n) is 7.06. The molecule has 0 fully saturated rings. The van der Waals surface area contributed by atoms with Gasteiger partial charge in [0.2, 0.25) is 0 Å². The normalized spacial score (nSPS) is 12.6. The van der Waals surface area contributed by atoms with E-state index in [9.17, 15) is 13.2 Å². The molecule has 0 saturated heterocycles. The number of hydrogen-bond donors (Lipinski definition) is 1. The van der Waals surface area contributed by atoms with Gasteiger partial charge in [-0.3, -0.25) is 4.98 Å². The van der Waals surface area contributed by atoms with E-state index in [1.165, 1.54) is 18.4 Å². The van der Waals surface area contributed by atoms with E-state index in [-0.39, 0.29) is 5.69 Å². The first-order valence-corrected chi connectivity index (χ1v) is 8.30. The molecule has 26 heavy (non-hydrogen) atoms. The number of aryl methyl sites for hydroxylation is 1. The molecule has 0 saturated carbocycles. The predicted octanol–water partition coefficient (Wildman–Crippen LogP) is 5.34. The van der Waals surface area contributed by atoms with Crippen LogP contribution in [-0.4, -0.2) is 20.5 Å². The summed E-state index contributed by atoms with van der Waals surface area (Å²) in [5, 5.41) is 3.84. The molecule has 138 valence electrons. The van der Waals surface area contributed by atoms with Crippen molar-refractivity contribution in [2.75, 3.05) is 5.32 Å². The first kappa shape index (κ1) is 18.2. The molecule has 3 aromatic heterocycles. The number of nitrogens with one attached hydrogen (secondary N) is 1. The Labute approximate surface area is 150 Å². The number of aromatic nitrogens is 3. The molecule has 7 heteroatoms. The summed E-state index contributed by atoms with van der Waals surface area (Å²) < 4.78 is 42.8. The SMILES string of the molecule is Cc1ccnc(C(C)(C)F)c1Nc1nccc2c1ccn2CC(C)(F)F. The lowest BCUT2D eigenvalue weighted by molar-refractivity contribution is 0.00510. The molecule has 3 heterocycles. The third-order valence-corrected chi connectivity index (χ3v) is 4.11. The highest BCUT2D eigenvalue weighted by Crippen LogP contribution is 2.35.